The molecule has 5 nitrogen and oxygen atoms in total. The van der Waals surface area contributed by atoms with Gasteiger partial charge in [-0.2, -0.15) is 18.3 Å². The third-order valence-electron chi connectivity index (χ3n) is 5.04. The molecular weight excluding hydrogens is 431 g/mol. The van der Waals surface area contributed by atoms with E-state index < -0.39 is 23.8 Å². The molecule has 3 aromatic rings. The summed E-state index contributed by atoms with van der Waals surface area (Å²) in [4.78, 5) is 12.5. The topological polar surface area (TPSA) is 56.1 Å². The van der Waals surface area contributed by atoms with Crippen molar-refractivity contribution < 1.29 is 22.7 Å². The Balaban J connectivity index is 1.46. The summed E-state index contributed by atoms with van der Waals surface area (Å²) in [6.45, 7) is 1.14. The fraction of sp³-hybridized carbons (Fsp3) is 0.273. The van der Waals surface area contributed by atoms with Crippen molar-refractivity contribution in [3.63, 3.8) is 0 Å². The molecule has 2 heterocycles. The predicted octanol–water partition coefficient (Wildman–Crippen LogP) is 4.65. The van der Waals surface area contributed by atoms with E-state index in [-0.39, 0.29) is 17.1 Å². The number of carbonyl (C=O) groups is 1. The number of alkyl halides is 3. The van der Waals surface area contributed by atoms with Gasteiger partial charge in [-0.3, -0.25) is 9.48 Å². The number of halogens is 4. The SMILES string of the molecule is O=C(NC[C@@H]1OCCc2cn(Cc3ccccc3)nc21)c1cc(C(F)(F)F)ccc1Cl. The molecule has 0 saturated carbocycles. The normalized spacial score (nSPS) is 16.1. The predicted molar refractivity (Wildman–Crippen MR) is 109 cm³/mol. The number of amides is 1. The summed E-state index contributed by atoms with van der Waals surface area (Å²) in [5, 5.41) is 7.18. The number of aromatic nitrogens is 2. The van der Waals surface area contributed by atoms with Gasteiger partial charge in [-0.05, 0) is 35.7 Å². The van der Waals surface area contributed by atoms with E-state index in [0.717, 1.165) is 35.0 Å². The molecule has 1 aromatic heterocycles. The van der Waals surface area contributed by atoms with Crippen molar-refractivity contribution >= 4 is 17.5 Å². The monoisotopic (exact) mass is 449 g/mol. The minimum atomic E-state index is -4.56. The van der Waals surface area contributed by atoms with Gasteiger partial charge in [0.15, 0.2) is 0 Å². The lowest BCUT2D eigenvalue weighted by Gasteiger charge is -2.22. The van der Waals surface area contributed by atoms with Gasteiger partial charge < -0.3 is 10.1 Å². The van der Waals surface area contributed by atoms with Crippen LogP contribution in [0.5, 0.6) is 0 Å². The highest BCUT2D eigenvalue weighted by molar-refractivity contribution is 6.33. The van der Waals surface area contributed by atoms with Crippen molar-refractivity contribution in [1.29, 1.82) is 0 Å². The molecular formula is C22H19ClF3N3O2. The van der Waals surface area contributed by atoms with Crippen molar-refractivity contribution in [3.8, 4) is 0 Å². The first-order chi connectivity index (χ1) is 14.8. The van der Waals surface area contributed by atoms with Crippen LogP contribution >= 0.6 is 11.6 Å². The number of nitrogens with zero attached hydrogens (tertiary/aromatic N) is 2. The fourth-order valence-electron chi connectivity index (χ4n) is 3.49. The smallest absolute Gasteiger partial charge is 0.370 e. The standard InChI is InChI=1S/C22H19ClF3N3O2/c23-18-7-6-16(22(24,25)26)10-17(18)21(30)27-11-19-20-15(8-9-31-19)13-29(28-20)12-14-4-2-1-3-5-14/h1-7,10,13,19H,8-9,11-12H2,(H,27,30)/t19-/m0/s1. The molecule has 162 valence electrons. The summed E-state index contributed by atoms with van der Waals surface area (Å²) in [6.07, 6.45) is -2.39. The second-order valence-corrected chi connectivity index (χ2v) is 7.64. The first-order valence-electron chi connectivity index (χ1n) is 9.68. The van der Waals surface area contributed by atoms with Gasteiger partial charge in [-0.25, -0.2) is 0 Å². The van der Waals surface area contributed by atoms with Gasteiger partial charge in [0.25, 0.3) is 5.91 Å². The maximum atomic E-state index is 13.0. The largest absolute Gasteiger partial charge is 0.416 e. The Morgan fingerprint density at radius 1 is 1.23 bits per heavy atom. The molecule has 0 spiro atoms. The average Bonchev–Trinajstić information content (AvgIpc) is 3.15. The number of rotatable bonds is 5. The van der Waals surface area contributed by atoms with Gasteiger partial charge in [0.05, 0.1) is 35.0 Å². The van der Waals surface area contributed by atoms with E-state index in [9.17, 15) is 18.0 Å². The first kappa shape index (κ1) is 21.4. The summed E-state index contributed by atoms with van der Waals surface area (Å²) in [5.41, 5.74) is 1.68. The van der Waals surface area contributed by atoms with Gasteiger partial charge in [-0.15, -0.1) is 0 Å². The maximum absolute atomic E-state index is 13.0. The minimum absolute atomic E-state index is 0.0529. The van der Waals surface area contributed by atoms with Crippen molar-refractivity contribution in [3.05, 3.63) is 87.7 Å². The summed E-state index contributed by atoms with van der Waals surface area (Å²) in [7, 11) is 0. The number of ether oxygens (including phenoxy) is 1. The Kier molecular flexibility index (Phi) is 6.02. The average molecular weight is 450 g/mol. The molecule has 2 aromatic carbocycles. The molecule has 1 amide bonds. The van der Waals surface area contributed by atoms with E-state index in [4.69, 9.17) is 16.3 Å². The minimum Gasteiger partial charge on any atom is -0.370 e. The van der Waals surface area contributed by atoms with Gasteiger partial charge in [0.1, 0.15) is 6.10 Å². The van der Waals surface area contributed by atoms with Crippen LogP contribution in [0, 0.1) is 0 Å². The highest BCUT2D eigenvalue weighted by Crippen LogP contribution is 2.32. The number of hydrogen-bond donors (Lipinski definition) is 1. The van der Waals surface area contributed by atoms with Gasteiger partial charge in [0.2, 0.25) is 0 Å². The summed E-state index contributed by atoms with van der Waals surface area (Å²) >= 11 is 5.95. The molecule has 0 bridgehead atoms. The second kappa shape index (κ2) is 8.72. The van der Waals surface area contributed by atoms with Crippen LogP contribution in [0.1, 0.15) is 38.8 Å². The molecule has 1 aliphatic heterocycles. The molecule has 0 aliphatic carbocycles. The van der Waals surface area contributed by atoms with Gasteiger partial charge in [-0.1, -0.05) is 41.9 Å². The number of nitrogens with one attached hydrogen (secondary N) is 1. The van der Waals surface area contributed by atoms with Crippen LogP contribution in [0.25, 0.3) is 0 Å². The molecule has 9 heteroatoms. The van der Waals surface area contributed by atoms with Crippen molar-refractivity contribution in [1.82, 2.24) is 15.1 Å². The molecule has 4 rings (SSSR count). The Morgan fingerprint density at radius 2 is 2.00 bits per heavy atom. The van der Waals surface area contributed by atoms with Crippen LogP contribution in [0.15, 0.2) is 54.7 Å². The number of hydrogen-bond acceptors (Lipinski definition) is 3. The molecule has 0 radical (unpaired) electrons. The lowest BCUT2D eigenvalue weighted by Crippen LogP contribution is -2.32. The lowest BCUT2D eigenvalue weighted by atomic mass is 10.1. The third kappa shape index (κ3) is 4.91. The molecule has 0 fully saturated rings. The zero-order chi connectivity index (χ0) is 22.0. The number of fused-ring (bicyclic) bond motifs is 1. The van der Waals surface area contributed by atoms with Crippen LogP contribution in [-0.4, -0.2) is 28.8 Å². The Morgan fingerprint density at radius 3 is 2.74 bits per heavy atom. The van der Waals surface area contributed by atoms with E-state index in [0.29, 0.717) is 19.6 Å². The molecule has 0 unspecified atom stereocenters. The Hall–Kier alpha value is -2.84. The molecule has 1 N–H and O–H groups in total. The van der Waals surface area contributed by atoms with Crippen molar-refractivity contribution in [2.24, 2.45) is 0 Å². The summed E-state index contributed by atoms with van der Waals surface area (Å²) in [5.74, 6) is -0.699. The third-order valence-corrected chi connectivity index (χ3v) is 5.37. The first-order valence-corrected chi connectivity index (χ1v) is 10.1. The van der Waals surface area contributed by atoms with Gasteiger partial charge >= 0.3 is 6.18 Å². The molecule has 31 heavy (non-hydrogen) atoms. The Labute approximate surface area is 181 Å². The van der Waals surface area contributed by atoms with Crippen LogP contribution < -0.4 is 5.32 Å². The highest BCUT2D eigenvalue weighted by Gasteiger charge is 2.32. The Bertz CT molecular complexity index is 1080. The maximum Gasteiger partial charge on any atom is 0.416 e. The van der Waals surface area contributed by atoms with E-state index in [1.807, 2.05) is 41.2 Å². The number of benzene rings is 2. The highest BCUT2D eigenvalue weighted by atomic mass is 35.5. The van der Waals surface area contributed by atoms with Crippen LogP contribution in [0.2, 0.25) is 5.02 Å². The fourth-order valence-corrected chi connectivity index (χ4v) is 3.70. The van der Waals surface area contributed by atoms with E-state index in [1.165, 1.54) is 0 Å². The quantitative estimate of drug-likeness (QED) is 0.617. The second-order valence-electron chi connectivity index (χ2n) is 7.23. The lowest BCUT2D eigenvalue weighted by molar-refractivity contribution is -0.137. The van der Waals surface area contributed by atoms with Crippen LogP contribution in [-0.2, 0) is 23.9 Å². The van der Waals surface area contributed by atoms with E-state index in [2.05, 4.69) is 10.4 Å². The zero-order valence-electron chi connectivity index (χ0n) is 16.3. The van der Waals surface area contributed by atoms with E-state index in [1.54, 1.807) is 0 Å². The van der Waals surface area contributed by atoms with Crippen LogP contribution in [0.3, 0.4) is 0 Å². The number of carbonyl (C=O) groups excluding carboxylic acids is 1. The van der Waals surface area contributed by atoms with Crippen molar-refractivity contribution in [2.75, 3.05) is 13.2 Å². The molecule has 0 saturated heterocycles. The van der Waals surface area contributed by atoms with Gasteiger partial charge in [0, 0.05) is 12.7 Å². The molecule has 1 atom stereocenters. The zero-order valence-corrected chi connectivity index (χ0v) is 17.1. The summed E-state index contributed by atoms with van der Waals surface area (Å²) < 4.78 is 46.5. The molecule has 1 aliphatic rings. The van der Waals surface area contributed by atoms with Crippen LogP contribution in [0.4, 0.5) is 13.2 Å². The van der Waals surface area contributed by atoms with Crippen molar-refractivity contribution in [2.45, 2.75) is 25.2 Å². The summed E-state index contributed by atoms with van der Waals surface area (Å²) in [6, 6.07) is 12.5. The van der Waals surface area contributed by atoms with E-state index >= 15 is 0 Å².